The molecular formula is C28H31N3O2. The van der Waals surface area contributed by atoms with Gasteiger partial charge in [-0.05, 0) is 67.3 Å². The van der Waals surface area contributed by atoms with Gasteiger partial charge in [0.25, 0.3) is 0 Å². The number of pyridine rings is 1. The third kappa shape index (κ3) is 5.43. The molecule has 0 aliphatic rings. The molecule has 0 aliphatic carbocycles. The van der Waals surface area contributed by atoms with E-state index in [1.165, 1.54) is 16.5 Å². The molecular weight excluding hydrogens is 410 g/mol. The Hall–Kier alpha value is -3.60. The van der Waals surface area contributed by atoms with E-state index in [2.05, 4.69) is 53.9 Å². The molecule has 4 rings (SSSR count). The average Bonchev–Trinajstić information content (AvgIpc) is 3.20. The summed E-state index contributed by atoms with van der Waals surface area (Å²) in [4.78, 5) is 19.2. The number of para-hydroxylation sites is 1. The van der Waals surface area contributed by atoms with Gasteiger partial charge in [0.05, 0.1) is 6.20 Å². The van der Waals surface area contributed by atoms with E-state index in [9.17, 15) is 4.79 Å². The number of fused-ring (bicyclic) bond motifs is 1. The summed E-state index contributed by atoms with van der Waals surface area (Å²) in [6, 6.07) is 19.9. The molecule has 0 saturated carbocycles. The fraction of sp³-hybridized carbons (Fsp3) is 0.286. The lowest BCUT2D eigenvalue weighted by Crippen LogP contribution is -2.31. The monoisotopic (exact) mass is 441 g/mol. The van der Waals surface area contributed by atoms with Gasteiger partial charge in [0.15, 0.2) is 0 Å². The number of carbonyl (C=O) groups excluding carboxylic acids is 1. The normalized spacial score (nSPS) is 11.0. The minimum absolute atomic E-state index is 0.144. The van der Waals surface area contributed by atoms with Gasteiger partial charge >= 0.3 is 0 Å². The summed E-state index contributed by atoms with van der Waals surface area (Å²) in [6.45, 7) is 5.97. The summed E-state index contributed by atoms with van der Waals surface area (Å²) in [7, 11) is 0. The molecule has 0 atom stereocenters. The zero-order valence-electron chi connectivity index (χ0n) is 19.4. The molecule has 0 unspecified atom stereocenters. The zero-order valence-corrected chi connectivity index (χ0v) is 19.4. The smallest absolute Gasteiger partial charge is 0.227 e. The Kier molecular flexibility index (Phi) is 7.40. The molecule has 5 heteroatoms. The van der Waals surface area contributed by atoms with Crippen molar-refractivity contribution in [3.05, 3.63) is 84.8 Å². The Morgan fingerprint density at radius 3 is 2.52 bits per heavy atom. The van der Waals surface area contributed by atoms with Gasteiger partial charge in [0, 0.05) is 48.5 Å². The molecule has 0 saturated heterocycles. The Morgan fingerprint density at radius 2 is 1.79 bits per heavy atom. The molecule has 2 heterocycles. The summed E-state index contributed by atoms with van der Waals surface area (Å²) >= 11 is 0. The van der Waals surface area contributed by atoms with E-state index < -0.39 is 0 Å². The van der Waals surface area contributed by atoms with Gasteiger partial charge in [0.1, 0.15) is 11.5 Å². The average molecular weight is 442 g/mol. The fourth-order valence-corrected chi connectivity index (χ4v) is 4.18. The highest BCUT2D eigenvalue weighted by Crippen LogP contribution is 2.26. The predicted octanol–water partition coefficient (Wildman–Crippen LogP) is 6.61. The van der Waals surface area contributed by atoms with Gasteiger partial charge in [-0.1, -0.05) is 32.0 Å². The molecule has 1 amide bonds. The number of aromatic nitrogens is 2. The van der Waals surface area contributed by atoms with Crippen LogP contribution in [0.15, 0.2) is 79.3 Å². The van der Waals surface area contributed by atoms with E-state index in [-0.39, 0.29) is 5.91 Å². The van der Waals surface area contributed by atoms with Gasteiger partial charge in [0.2, 0.25) is 5.91 Å². The Labute approximate surface area is 195 Å². The lowest BCUT2D eigenvalue weighted by atomic mass is 10.1. The van der Waals surface area contributed by atoms with E-state index >= 15 is 0 Å². The number of hydrogen-bond donors (Lipinski definition) is 0. The van der Waals surface area contributed by atoms with Crippen LogP contribution in [-0.4, -0.2) is 22.0 Å². The number of carbonyl (C=O) groups is 1. The molecule has 0 radical (unpaired) electrons. The van der Waals surface area contributed by atoms with Crippen LogP contribution in [0.5, 0.6) is 11.5 Å². The number of aryl methyl sites for hydroxylation is 2. The standard InChI is InChI=1S/C28H31N3O2/c1-3-18-30-21-22(26-9-5-6-10-27(26)30)11-16-28(32)31(19-4-2)23-12-14-24(15-13-23)33-25-8-7-17-29-20-25/h5-10,12-15,17,20-21H,3-4,11,16,18-19H2,1-2H3. The first kappa shape index (κ1) is 22.6. The third-order valence-electron chi connectivity index (χ3n) is 5.71. The van der Waals surface area contributed by atoms with Crippen molar-refractivity contribution >= 4 is 22.5 Å². The van der Waals surface area contributed by atoms with Crippen LogP contribution in [0, 0.1) is 0 Å². The topological polar surface area (TPSA) is 47.4 Å². The van der Waals surface area contributed by atoms with Crippen molar-refractivity contribution in [3.63, 3.8) is 0 Å². The van der Waals surface area contributed by atoms with Crippen molar-refractivity contribution in [2.75, 3.05) is 11.4 Å². The van der Waals surface area contributed by atoms with Crippen molar-refractivity contribution in [1.29, 1.82) is 0 Å². The summed E-state index contributed by atoms with van der Waals surface area (Å²) in [6.07, 6.45) is 8.81. The van der Waals surface area contributed by atoms with E-state index in [4.69, 9.17) is 4.74 Å². The molecule has 4 aromatic rings. The summed E-state index contributed by atoms with van der Waals surface area (Å²) in [5, 5.41) is 1.25. The predicted molar refractivity (Wildman–Crippen MR) is 134 cm³/mol. The molecule has 0 fully saturated rings. The molecule has 33 heavy (non-hydrogen) atoms. The number of benzene rings is 2. The number of amides is 1. The minimum atomic E-state index is 0.144. The van der Waals surface area contributed by atoms with Gasteiger partial charge in [-0.3, -0.25) is 9.78 Å². The number of rotatable bonds is 10. The van der Waals surface area contributed by atoms with E-state index in [0.29, 0.717) is 18.7 Å². The van der Waals surface area contributed by atoms with Crippen LogP contribution < -0.4 is 9.64 Å². The number of nitrogens with zero attached hydrogens (tertiary/aromatic N) is 3. The van der Waals surface area contributed by atoms with Gasteiger partial charge in [-0.25, -0.2) is 0 Å². The second kappa shape index (κ2) is 10.8. The van der Waals surface area contributed by atoms with Crippen LogP contribution >= 0.6 is 0 Å². The third-order valence-corrected chi connectivity index (χ3v) is 5.71. The van der Waals surface area contributed by atoms with Crippen molar-refractivity contribution in [2.45, 2.75) is 46.1 Å². The lowest BCUT2D eigenvalue weighted by Gasteiger charge is -2.22. The number of hydrogen-bond acceptors (Lipinski definition) is 3. The first-order chi connectivity index (χ1) is 16.2. The lowest BCUT2D eigenvalue weighted by molar-refractivity contribution is -0.118. The summed E-state index contributed by atoms with van der Waals surface area (Å²) < 4.78 is 8.14. The molecule has 170 valence electrons. The first-order valence-corrected chi connectivity index (χ1v) is 11.7. The fourth-order valence-electron chi connectivity index (χ4n) is 4.18. The number of anilines is 1. The maximum absolute atomic E-state index is 13.2. The molecule has 0 spiro atoms. The van der Waals surface area contributed by atoms with E-state index in [1.54, 1.807) is 12.4 Å². The van der Waals surface area contributed by atoms with Crippen molar-refractivity contribution in [2.24, 2.45) is 0 Å². The van der Waals surface area contributed by atoms with Crippen molar-refractivity contribution in [3.8, 4) is 11.5 Å². The summed E-state index contributed by atoms with van der Waals surface area (Å²) in [5.74, 6) is 1.55. The molecule has 5 nitrogen and oxygen atoms in total. The SMILES string of the molecule is CCCN(C(=O)CCc1cn(CCC)c2ccccc12)c1ccc(Oc2cccnc2)cc1. The van der Waals surface area contributed by atoms with Gasteiger partial charge in [-0.15, -0.1) is 0 Å². The van der Waals surface area contributed by atoms with E-state index in [0.717, 1.165) is 37.2 Å². The largest absolute Gasteiger partial charge is 0.456 e. The quantitative estimate of drug-likeness (QED) is 0.278. The van der Waals surface area contributed by atoms with Crippen molar-refractivity contribution < 1.29 is 9.53 Å². The van der Waals surface area contributed by atoms with Crippen LogP contribution in [0.3, 0.4) is 0 Å². The maximum Gasteiger partial charge on any atom is 0.227 e. The Morgan fingerprint density at radius 1 is 0.970 bits per heavy atom. The molecule has 0 aliphatic heterocycles. The van der Waals surface area contributed by atoms with Gasteiger partial charge < -0.3 is 14.2 Å². The molecule has 2 aromatic heterocycles. The Balaban J connectivity index is 1.46. The second-order valence-corrected chi connectivity index (χ2v) is 8.19. The van der Waals surface area contributed by atoms with Crippen molar-refractivity contribution in [1.82, 2.24) is 9.55 Å². The minimum Gasteiger partial charge on any atom is -0.456 e. The highest BCUT2D eigenvalue weighted by atomic mass is 16.5. The second-order valence-electron chi connectivity index (χ2n) is 8.19. The summed E-state index contributed by atoms with van der Waals surface area (Å²) in [5.41, 5.74) is 3.38. The van der Waals surface area contributed by atoms with Crippen LogP contribution in [0.4, 0.5) is 5.69 Å². The van der Waals surface area contributed by atoms with Crippen LogP contribution in [-0.2, 0) is 17.8 Å². The highest BCUT2D eigenvalue weighted by Gasteiger charge is 2.17. The molecule has 2 aromatic carbocycles. The van der Waals surface area contributed by atoms with Crippen LogP contribution in [0.25, 0.3) is 10.9 Å². The first-order valence-electron chi connectivity index (χ1n) is 11.7. The zero-order chi connectivity index (χ0) is 23.0. The molecule has 0 bridgehead atoms. The molecule has 0 N–H and O–H groups in total. The maximum atomic E-state index is 13.2. The van der Waals surface area contributed by atoms with Gasteiger partial charge in [-0.2, -0.15) is 0 Å². The van der Waals surface area contributed by atoms with Crippen LogP contribution in [0.2, 0.25) is 0 Å². The Bertz CT molecular complexity index is 1180. The van der Waals surface area contributed by atoms with Crippen LogP contribution in [0.1, 0.15) is 38.7 Å². The van der Waals surface area contributed by atoms with E-state index in [1.807, 2.05) is 41.3 Å². The highest BCUT2D eigenvalue weighted by molar-refractivity contribution is 5.94. The number of ether oxygens (including phenoxy) is 1.